The number of hydrogen-bond donors (Lipinski definition) is 0. The predicted octanol–water partition coefficient (Wildman–Crippen LogP) is 2.72. The number of piperazine rings is 1. The van der Waals surface area contributed by atoms with Crippen molar-refractivity contribution < 1.29 is 32.3 Å². The van der Waals surface area contributed by atoms with Crippen LogP contribution in [0.5, 0.6) is 0 Å². The number of nitriles is 1. The minimum Gasteiger partial charge on any atom is -0.447 e. The molecule has 158 valence electrons. The molecule has 3 aliphatic heterocycles. The second kappa shape index (κ2) is 6.62. The van der Waals surface area contributed by atoms with Gasteiger partial charge in [-0.15, -0.1) is 0 Å². The monoisotopic (exact) mass is 422 g/mol. The summed E-state index contributed by atoms with van der Waals surface area (Å²) in [5.74, 6) is -0.702. The quantitative estimate of drug-likeness (QED) is 0.684. The lowest BCUT2D eigenvalue weighted by Crippen LogP contribution is -2.55. The lowest BCUT2D eigenvalue weighted by molar-refractivity contribution is -0.137. The summed E-state index contributed by atoms with van der Waals surface area (Å²) in [6, 6.07) is 1.45. The number of hydrogen-bond acceptors (Lipinski definition) is 5. The standard InChI is InChI=1S/C19H17F3N4O4/c1-9(2)30-18(29)24-8-12-6-14(24)15-16(27)26(17(28)25(12)15)11-4-3-10(7-23)13(5-11)19(20,21)22/h3-5,9,12,14-15H,6,8H2,1-2H3/t12?,14?,15-/m1/s1. The first-order valence-electron chi connectivity index (χ1n) is 9.29. The van der Waals surface area contributed by atoms with E-state index in [4.69, 9.17) is 10.00 Å². The summed E-state index contributed by atoms with van der Waals surface area (Å²) in [6.45, 7) is 3.57. The Labute approximate surface area is 169 Å². The Morgan fingerprint density at radius 2 is 2.00 bits per heavy atom. The molecule has 2 bridgehead atoms. The first-order chi connectivity index (χ1) is 14.0. The number of benzene rings is 1. The van der Waals surface area contributed by atoms with Crippen molar-refractivity contribution in [1.82, 2.24) is 9.80 Å². The summed E-state index contributed by atoms with van der Waals surface area (Å²) < 4.78 is 45.1. The van der Waals surface area contributed by atoms with Crippen molar-refractivity contribution in [3.63, 3.8) is 0 Å². The number of urea groups is 1. The van der Waals surface area contributed by atoms with Crippen molar-refractivity contribution in [2.24, 2.45) is 0 Å². The highest BCUT2D eigenvalue weighted by molar-refractivity contribution is 6.22. The highest BCUT2D eigenvalue weighted by Crippen LogP contribution is 2.43. The number of nitrogens with zero attached hydrogens (tertiary/aromatic N) is 4. The topological polar surface area (TPSA) is 94.0 Å². The molecule has 4 amide bonds. The lowest BCUT2D eigenvalue weighted by atomic mass is 10.1. The minimum atomic E-state index is -4.82. The number of amides is 4. The van der Waals surface area contributed by atoms with Gasteiger partial charge in [-0.1, -0.05) is 0 Å². The number of imide groups is 1. The first-order valence-corrected chi connectivity index (χ1v) is 9.29. The van der Waals surface area contributed by atoms with Gasteiger partial charge in [0.25, 0.3) is 5.91 Å². The third kappa shape index (κ3) is 2.86. The van der Waals surface area contributed by atoms with Gasteiger partial charge in [-0.2, -0.15) is 18.4 Å². The SMILES string of the molecule is CC(C)OC(=O)N1CC2CC1[C@@H]1C(=O)N(c3ccc(C#N)c(C(F)(F)F)c3)C(=O)N21. The van der Waals surface area contributed by atoms with E-state index in [0.717, 1.165) is 12.1 Å². The van der Waals surface area contributed by atoms with E-state index in [-0.39, 0.29) is 18.3 Å². The summed E-state index contributed by atoms with van der Waals surface area (Å²) in [5, 5.41) is 8.94. The second-order valence-electron chi connectivity index (χ2n) is 7.69. The highest BCUT2D eigenvalue weighted by atomic mass is 19.4. The van der Waals surface area contributed by atoms with Gasteiger partial charge in [0.05, 0.1) is 41.1 Å². The van der Waals surface area contributed by atoms with Gasteiger partial charge < -0.3 is 14.5 Å². The molecule has 0 saturated carbocycles. The maximum absolute atomic E-state index is 13.3. The van der Waals surface area contributed by atoms with E-state index in [2.05, 4.69) is 0 Å². The van der Waals surface area contributed by atoms with E-state index in [1.807, 2.05) is 0 Å². The smallest absolute Gasteiger partial charge is 0.417 e. The normalized spacial score (nSPS) is 25.2. The number of likely N-dealkylation sites (tertiary alicyclic amines) is 1. The highest BCUT2D eigenvalue weighted by Gasteiger charge is 2.63. The Balaban J connectivity index is 1.66. The fraction of sp³-hybridized carbons (Fsp3) is 0.474. The Morgan fingerprint density at radius 3 is 2.60 bits per heavy atom. The first kappa shape index (κ1) is 20.0. The molecule has 30 heavy (non-hydrogen) atoms. The van der Waals surface area contributed by atoms with Crippen LogP contribution < -0.4 is 4.90 Å². The van der Waals surface area contributed by atoms with E-state index in [1.54, 1.807) is 13.8 Å². The van der Waals surface area contributed by atoms with Crippen molar-refractivity contribution in [2.45, 2.75) is 50.7 Å². The van der Waals surface area contributed by atoms with E-state index >= 15 is 0 Å². The molecule has 3 fully saturated rings. The zero-order valence-corrected chi connectivity index (χ0v) is 16.0. The molecule has 0 aliphatic carbocycles. The molecule has 3 heterocycles. The van der Waals surface area contributed by atoms with Gasteiger partial charge in [-0.25, -0.2) is 14.5 Å². The van der Waals surface area contributed by atoms with Crippen LogP contribution in [0, 0.1) is 11.3 Å². The predicted molar refractivity (Wildman–Crippen MR) is 95.2 cm³/mol. The van der Waals surface area contributed by atoms with Crippen LogP contribution in [0.25, 0.3) is 0 Å². The Bertz CT molecular complexity index is 987. The van der Waals surface area contributed by atoms with Crippen molar-refractivity contribution in [2.75, 3.05) is 11.4 Å². The number of alkyl halides is 3. The number of ether oxygens (including phenoxy) is 1. The maximum Gasteiger partial charge on any atom is 0.417 e. The zero-order valence-electron chi connectivity index (χ0n) is 16.0. The zero-order chi connectivity index (χ0) is 22.0. The summed E-state index contributed by atoms with van der Waals surface area (Å²) >= 11 is 0. The molecule has 8 nitrogen and oxygen atoms in total. The molecule has 11 heteroatoms. The summed E-state index contributed by atoms with van der Waals surface area (Å²) in [5.41, 5.74) is -2.09. The van der Waals surface area contributed by atoms with Gasteiger partial charge in [0, 0.05) is 6.54 Å². The van der Waals surface area contributed by atoms with Gasteiger partial charge in [-0.05, 0) is 38.5 Å². The Hall–Kier alpha value is -3.29. The van der Waals surface area contributed by atoms with Crippen LogP contribution in [-0.4, -0.2) is 58.6 Å². The molecule has 0 radical (unpaired) electrons. The Kier molecular flexibility index (Phi) is 4.41. The average molecular weight is 422 g/mol. The lowest BCUT2D eigenvalue weighted by Gasteiger charge is -2.34. The number of fused-ring (bicyclic) bond motifs is 5. The van der Waals surface area contributed by atoms with Crippen molar-refractivity contribution >= 4 is 23.7 Å². The van der Waals surface area contributed by atoms with Crippen molar-refractivity contribution in [1.29, 1.82) is 5.26 Å². The number of anilines is 1. The Morgan fingerprint density at radius 1 is 1.30 bits per heavy atom. The minimum absolute atomic E-state index is 0.195. The van der Waals surface area contributed by atoms with E-state index < -0.39 is 53.5 Å². The molecule has 0 aromatic heterocycles. The fourth-order valence-electron chi connectivity index (χ4n) is 4.38. The number of carbonyl (C=O) groups excluding carboxylic acids is 3. The van der Waals surface area contributed by atoms with E-state index in [9.17, 15) is 27.6 Å². The molecule has 2 unspecified atom stereocenters. The van der Waals surface area contributed by atoms with E-state index in [0.29, 0.717) is 17.4 Å². The molecule has 3 saturated heterocycles. The van der Waals surface area contributed by atoms with Crippen molar-refractivity contribution in [3.8, 4) is 6.07 Å². The van der Waals surface area contributed by atoms with E-state index in [1.165, 1.54) is 15.9 Å². The maximum atomic E-state index is 13.3. The second-order valence-corrected chi connectivity index (χ2v) is 7.69. The van der Waals surface area contributed by atoms with Crippen LogP contribution in [0.2, 0.25) is 0 Å². The van der Waals surface area contributed by atoms with Crippen LogP contribution in [0.1, 0.15) is 31.4 Å². The van der Waals surface area contributed by atoms with Gasteiger partial charge in [0.1, 0.15) is 6.04 Å². The molecule has 0 N–H and O–H groups in total. The third-order valence-electron chi connectivity index (χ3n) is 5.52. The summed E-state index contributed by atoms with van der Waals surface area (Å²) in [7, 11) is 0. The fourth-order valence-corrected chi connectivity index (χ4v) is 4.38. The van der Waals surface area contributed by atoms with Gasteiger partial charge >= 0.3 is 18.3 Å². The molecule has 4 rings (SSSR count). The van der Waals surface area contributed by atoms with Gasteiger partial charge in [0.15, 0.2) is 0 Å². The number of carbonyl (C=O) groups is 3. The molecule has 1 aromatic carbocycles. The largest absolute Gasteiger partial charge is 0.447 e. The molecular formula is C19H17F3N4O4. The summed E-state index contributed by atoms with van der Waals surface area (Å²) in [6.07, 6.45) is -5.36. The van der Waals surface area contributed by atoms with Crippen LogP contribution in [-0.2, 0) is 15.7 Å². The molecule has 1 aromatic rings. The van der Waals surface area contributed by atoms with Crippen molar-refractivity contribution in [3.05, 3.63) is 29.3 Å². The van der Waals surface area contributed by atoms with Crippen LogP contribution >= 0.6 is 0 Å². The molecule has 3 atom stereocenters. The van der Waals surface area contributed by atoms with Crippen LogP contribution in [0.3, 0.4) is 0 Å². The van der Waals surface area contributed by atoms with Crippen LogP contribution in [0.15, 0.2) is 18.2 Å². The number of rotatable bonds is 2. The third-order valence-corrected chi connectivity index (χ3v) is 5.52. The molecule has 0 spiro atoms. The average Bonchev–Trinajstić information content (AvgIpc) is 3.31. The molecule has 3 aliphatic rings. The summed E-state index contributed by atoms with van der Waals surface area (Å²) in [4.78, 5) is 41.7. The van der Waals surface area contributed by atoms with Crippen LogP contribution in [0.4, 0.5) is 28.4 Å². The number of halogens is 3. The van der Waals surface area contributed by atoms with Gasteiger partial charge in [-0.3, -0.25) is 4.79 Å². The molecular weight excluding hydrogens is 405 g/mol. The van der Waals surface area contributed by atoms with Gasteiger partial charge in [0.2, 0.25) is 0 Å².